The van der Waals surface area contributed by atoms with E-state index in [1.807, 2.05) is 47.4 Å². The van der Waals surface area contributed by atoms with Gasteiger partial charge in [0.1, 0.15) is 0 Å². The van der Waals surface area contributed by atoms with E-state index in [1.165, 1.54) is 0 Å². The summed E-state index contributed by atoms with van der Waals surface area (Å²) in [6.07, 6.45) is 3.95. The molecule has 0 bridgehead atoms. The minimum absolute atomic E-state index is 0.00729. The molecular formula is C22H25Cl2NO4S. The lowest BCUT2D eigenvalue weighted by molar-refractivity contribution is 0.0620. The minimum Gasteiger partial charge on any atom is -0.338 e. The zero-order valence-corrected chi connectivity index (χ0v) is 19.1. The van der Waals surface area contributed by atoms with Gasteiger partial charge in [-0.05, 0) is 55.5 Å². The highest BCUT2D eigenvalue weighted by atomic mass is 35.5. The number of carbonyl (C=O) groups excluding carboxylic acids is 1. The van der Waals surface area contributed by atoms with Gasteiger partial charge in [-0.1, -0.05) is 47.5 Å². The van der Waals surface area contributed by atoms with Gasteiger partial charge < -0.3 is 4.90 Å². The van der Waals surface area contributed by atoms with Crippen LogP contribution in [-0.4, -0.2) is 45.2 Å². The van der Waals surface area contributed by atoms with Crippen molar-refractivity contribution in [1.82, 2.24) is 4.90 Å². The summed E-state index contributed by atoms with van der Waals surface area (Å²) in [5, 5.41) is 0.941. The molecule has 1 saturated heterocycles. The van der Waals surface area contributed by atoms with Gasteiger partial charge in [-0.25, -0.2) is 0 Å². The van der Waals surface area contributed by atoms with Crippen LogP contribution in [0.15, 0.2) is 48.5 Å². The Morgan fingerprint density at radius 1 is 1.13 bits per heavy atom. The highest BCUT2D eigenvalue weighted by Gasteiger charge is 2.38. The van der Waals surface area contributed by atoms with E-state index in [2.05, 4.69) is 0 Å². The molecule has 8 heteroatoms. The second-order valence-corrected chi connectivity index (χ2v) is 10.2. The Kier molecular flexibility index (Phi) is 7.45. The van der Waals surface area contributed by atoms with Crippen molar-refractivity contribution in [2.45, 2.75) is 31.1 Å². The molecule has 0 aliphatic carbocycles. The Hall–Kier alpha value is -1.60. The fraction of sp³-hybridized carbons (Fsp3) is 0.409. The summed E-state index contributed by atoms with van der Waals surface area (Å²) in [6.45, 7) is 1.31. The monoisotopic (exact) mass is 469 g/mol. The summed E-state index contributed by atoms with van der Waals surface area (Å²) in [5.41, 5.74) is 1.31. The van der Waals surface area contributed by atoms with Gasteiger partial charge in [0.2, 0.25) is 0 Å². The Morgan fingerprint density at radius 3 is 2.53 bits per heavy atom. The molecule has 2 aromatic carbocycles. The average Bonchev–Trinajstić information content (AvgIpc) is 2.73. The van der Waals surface area contributed by atoms with Crippen LogP contribution < -0.4 is 0 Å². The smallest absolute Gasteiger partial charge is 0.264 e. The van der Waals surface area contributed by atoms with Crippen LogP contribution in [0, 0.1) is 0 Å². The molecule has 1 amide bonds. The van der Waals surface area contributed by atoms with Crippen LogP contribution in [0.4, 0.5) is 0 Å². The van der Waals surface area contributed by atoms with Gasteiger partial charge in [0.05, 0.1) is 22.9 Å². The van der Waals surface area contributed by atoms with E-state index < -0.39 is 10.1 Å². The number of carbonyl (C=O) groups is 1. The highest BCUT2D eigenvalue weighted by molar-refractivity contribution is 7.85. The van der Waals surface area contributed by atoms with Crippen molar-refractivity contribution in [3.05, 3.63) is 69.7 Å². The molecule has 3 rings (SSSR count). The van der Waals surface area contributed by atoms with Gasteiger partial charge in [-0.3, -0.25) is 8.98 Å². The van der Waals surface area contributed by atoms with E-state index in [4.69, 9.17) is 27.4 Å². The summed E-state index contributed by atoms with van der Waals surface area (Å²) in [5.74, 6) is -0.00729. The molecule has 0 spiro atoms. The van der Waals surface area contributed by atoms with Gasteiger partial charge in [-0.2, -0.15) is 8.42 Å². The van der Waals surface area contributed by atoms with Gasteiger partial charge in [0.15, 0.2) is 0 Å². The van der Waals surface area contributed by atoms with Gasteiger partial charge >= 0.3 is 0 Å². The van der Waals surface area contributed by atoms with E-state index in [9.17, 15) is 13.2 Å². The van der Waals surface area contributed by atoms with E-state index in [1.54, 1.807) is 6.07 Å². The third-order valence-electron chi connectivity index (χ3n) is 5.51. The largest absolute Gasteiger partial charge is 0.338 e. The minimum atomic E-state index is -3.49. The predicted molar refractivity (Wildman–Crippen MR) is 120 cm³/mol. The molecule has 0 aromatic heterocycles. The van der Waals surface area contributed by atoms with Crippen LogP contribution in [0.5, 0.6) is 0 Å². The maximum atomic E-state index is 13.1. The lowest BCUT2D eigenvalue weighted by atomic mass is 9.71. The fourth-order valence-electron chi connectivity index (χ4n) is 4.10. The highest BCUT2D eigenvalue weighted by Crippen LogP contribution is 2.40. The van der Waals surface area contributed by atoms with E-state index in [0.717, 1.165) is 24.7 Å². The first-order valence-electron chi connectivity index (χ1n) is 9.84. The van der Waals surface area contributed by atoms with Crippen LogP contribution in [0.2, 0.25) is 10.0 Å². The van der Waals surface area contributed by atoms with Crippen LogP contribution >= 0.6 is 23.2 Å². The van der Waals surface area contributed by atoms with E-state index in [0.29, 0.717) is 41.5 Å². The fourth-order valence-corrected chi connectivity index (χ4v) is 4.82. The lowest BCUT2D eigenvalue weighted by Crippen LogP contribution is -2.48. The molecule has 0 N–H and O–H groups in total. The molecule has 162 valence electrons. The van der Waals surface area contributed by atoms with Crippen LogP contribution in [0.1, 0.15) is 41.6 Å². The summed E-state index contributed by atoms with van der Waals surface area (Å²) in [6, 6.07) is 14.8. The topological polar surface area (TPSA) is 63.7 Å². The molecule has 0 saturated carbocycles. The van der Waals surface area contributed by atoms with Crippen LogP contribution in [-0.2, 0) is 19.7 Å². The molecule has 5 nitrogen and oxygen atoms in total. The normalized spacial score (nSPS) is 19.6. The third kappa shape index (κ3) is 5.76. The van der Waals surface area contributed by atoms with Crippen molar-refractivity contribution >= 4 is 39.2 Å². The standard InChI is InChI=1S/C22H25Cl2NO4S/c1-30(27,28)29-14-6-12-22(18-9-10-19(23)20(24)15-18)11-5-13-25(16-22)21(26)17-7-3-2-4-8-17/h2-4,7-10,15H,5-6,11-14,16H2,1H3/t22-/m0/s1. The SMILES string of the molecule is CS(=O)(=O)OCCC[C@@]1(c2ccc(Cl)c(Cl)c2)CCCN(C(=O)c2ccccc2)C1. The number of piperidine rings is 1. The summed E-state index contributed by atoms with van der Waals surface area (Å²) >= 11 is 12.4. The molecule has 1 heterocycles. The molecule has 1 atom stereocenters. The van der Waals surface area contributed by atoms with Crippen molar-refractivity contribution < 1.29 is 17.4 Å². The van der Waals surface area contributed by atoms with Crippen molar-refractivity contribution in [1.29, 1.82) is 0 Å². The number of amides is 1. The average molecular weight is 470 g/mol. The molecule has 1 fully saturated rings. The maximum absolute atomic E-state index is 13.1. The Morgan fingerprint density at radius 2 is 1.87 bits per heavy atom. The first kappa shape index (κ1) is 23.1. The Bertz CT molecular complexity index is 997. The molecule has 1 aliphatic heterocycles. The number of nitrogens with zero attached hydrogens (tertiary/aromatic N) is 1. The number of halogens is 2. The second kappa shape index (κ2) is 9.69. The van der Waals surface area contributed by atoms with Crippen molar-refractivity contribution in [2.24, 2.45) is 0 Å². The van der Waals surface area contributed by atoms with E-state index >= 15 is 0 Å². The number of rotatable bonds is 7. The molecule has 0 radical (unpaired) electrons. The molecule has 30 heavy (non-hydrogen) atoms. The van der Waals surface area contributed by atoms with Crippen molar-refractivity contribution in [3.63, 3.8) is 0 Å². The maximum Gasteiger partial charge on any atom is 0.264 e. The number of hydrogen-bond acceptors (Lipinski definition) is 4. The predicted octanol–water partition coefficient (Wildman–Crippen LogP) is 4.92. The van der Waals surface area contributed by atoms with Gasteiger partial charge in [0.25, 0.3) is 16.0 Å². The quantitative estimate of drug-likeness (QED) is 0.426. The first-order valence-corrected chi connectivity index (χ1v) is 12.4. The molecule has 1 aliphatic rings. The first-order chi connectivity index (χ1) is 14.2. The number of hydrogen-bond donors (Lipinski definition) is 0. The summed E-state index contributed by atoms with van der Waals surface area (Å²) in [4.78, 5) is 14.9. The van der Waals surface area contributed by atoms with Gasteiger partial charge in [0, 0.05) is 24.1 Å². The Labute approximate surface area is 188 Å². The number of likely N-dealkylation sites (tertiary alicyclic amines) is 1. The second-order valence-electron chi connectivity index (χ2n) is 7.74. The zero-order chi connectivity index (χ0) is 21.8. The van der Waals surface area contributed by atoms with Crippen LogP contribution in [0.3, 0.4) is 0 Å². The van der Waals surface area contributed by atoms with Gasteiger partial charge in [-0.15, -0.1) is 0 Å². The van der Waals surface area contributed by atoms with Crippen molar-refractivity contribution in [3.8, 4) is 0 Å². The molecule has 2 aromatic rings. The number of benzene rings is 2. The summed E-state index contributed by atoms with van der Waals surface area (Å²) in [7, 11) is -3.49. The van der Waals surface area contributed by atoms with Crippen molar-refractivity contribution in [2.75, 3.05) is 26.0 Å². The molecule has 0 unspecified atom stereocenters. The third-order valence-corrected chi connectivity index (χ3v) is 6.85. The Balaban J connectivity index is 1.86. The lowest BCUT2D eigenvalue weighted by Gasteiger charge is -2.44. The molecular weight excluding hydrogens is 445 g/mol. The zero-order valence-electron chi connectivity index (χ0n) is 16.8. The van der Waals surface area contributed by atoms with Crippen LogP contribution in [0.25, 0.3) is 0 Å². The van der Waals surface area contributed by atoms with E-state index in [-0.39, 0.29) is 17.9 Å². The summed E-state index contributed by atoms with van der Waals surface area (Å²) < 4.78 is 27.5.